The number of hydrogen-bond acceptors (Lipinski definition) is 3. The zero-order chi connectivity index (χ0) is 12.4. The Morgan fingerprint density at radius 1 is 0.789 bits per heavy atom. The van der Waals surface area contributed by atoms with E-state index in [1.807, 2.05) is 0 Å². The number of epoxide rings is 1. The summed E-state index contributed by atoms with van der Waals surface area (Å²) in [6.45, 7) is 1.82. The van der Waals surface area contributed by atoms with Crippen LogP contribution in [0.1, 0.15) is 44.9 Å². The molecule has 106 valence electrons. The highest BCUT2D eigenvalue weighted by Crippen LogP contribution is 2.54. The third-order valence-electron chi connectivity index (χ3n) is 6.36. The third kappa shape index (κ3) is 1.97. The number of ether oxygens (including phenoxy) is 3. The molecule has 3 heteroatoms. The van der Waals surface area contributed by atoms with Crippen molar-refractivity contribution in [3.05, 3.63) is 0 Å². The third-order valence-corrected chi connectivity index (χ3v) is 6.36. The Morgan fingerprint density at radius 3 is 2.37 bits per heavy atom. The fourth-order valence-corrected chi connectivity index (χ4v) is 4.87. The summed E-state index contributed by atoms with van der Waals surface area (Å²) in [5, 5.41) is 0. The highest BCUT2D eigenvalue weighted by molar-refractivity contribution is 5.00. The zero-order valence-corrected chi connectivity index (χ0v) is 11.6. The molecule has 3 aliphatic carbocycles. The van der Waals surface area contributed by atoms with Crippen molar-refractivity contribution < 1.29 is 14.2 Å². The van der Waals surface area contributed by atoms with E-state index in [1.54, 1.807) is 0 Å². The van der Waals surface area contributed by atoms with E-state index < -0.39 is 0 Å². The SMILES string of the molecule is C1CC2C[C@H]2CC1C1OCC2(CCC3OC3C2)CO1. The molecule has 0 radical (unpaired) electrons. The summed E-state index contributed by atoms with van der Waals surface area (Å²) in [5.74, 6) is 2.75. The van der Waals surface area contributed by atoms with Crippen LogP contribution >= 0.6 is 0 Å². The van der Waals surface area contributed by atoms with E-state index >= 15 is 0 Å². The molecule has 0 aromatic heterocycles. The smallest absolute Gasteiger partial charge is 0.160 e. The molecule has 2 aliphatic heterocycles. The summed E-state index contributed by atoms with van der Waals surface area (Å²) >= 11 is 0. The summed E-state index contributed by atoms with van der Waals surface area (Å²) in [4.78, 5) is 0. The highest BCUT2D eigenvalue weighted by atomic mass is 16.7. The maximum absolute atomic E-state index is 6.17. The first-order chi connectivity index (χ1) is 9.31. The predicted molar refractivity (Wildman–Crippen MR) is 69.6 cm³/mol. The van der Waals surface area contributed by atoms with Gasteiger partial charge in [-0.05, 0) is 56.8 Å². The molecular weight excluding hydrogens is 240 g/mol. The Bertz CT molecular complexity index is 374. The predicted octanol–water partition coefficient (Wildman–Crippen LogP) is 2.73. The van der Waals surface area contributed by atoms with Gasteiger partial charge in [0.05, 0.1) is 25.4 Å². The quantitative estimate of drug-likeness (QED) is 0.682. The van der Waals surface area contributed by atoms with E-state index in [-0.39, 0.29) is 11.7 Å². The van der Waals surface area contributed by atoms with Gasteiger partial charge in [-0.3, -0.25) is 0 Å². The second-order valence-corrected chi connectivity index (χ2v) is 7.78. The molecule has 2 saturated heterocycles. The molecule has 0 N–H and O–H groups in total. The Morgan fingerprint density at radius 2 is 1.58 bits per heavy atom. The van der Waals surface area contributed by atoms with Crippen molar-refractivity contribution >= 4 is 0 Å². The van der Waals surface area contributed by atoms with Crippen LogP contribution < -0.4 is 0 Å². The lowest BCUT2D eigenvalue weighted by molar-refractivity contribution is -0.258. The van der Waals surface area contributed by atoms with Crippen molar-refractivity contribution in [2.45, 2.75) is 63.4 Å². The first-order valence-electron chi connectivity index (χ1n) is 8.20. The number of fused-ring (bicyclic) bond motifs is 2. The van der Waals surface area contributed by atoms with Crippen LogP contribution in [0.3, 0.4) is 0 Å². The van der Waals surface area contributed by atoms with Gasteiger partial charge in [0.1, 0.15) is 0 Å². The molecule has 5 aliphatic rings. The fraction of sp³-hybridized carbons (Fsp3) is 1.00. The lowest BCUT2D eigenvalue weighted by Crippen LogP contribution is -2.47. The van der Waals surface area contributed by atoms with E-state index in [4.69, 9.17) is 14.2 Å². The molecular formula is C16H24O3. The number of rotatable bonds is 1. The van der Waals surface area contributed by atoms with Crippen LogP contribution in [0.15, 0.2) is 0 Å². The summed E-state index contributed by atoms with van der Waals surface area (Å²) in [6, 6.07) is 0. The molecule has 3 nitrogen and oxygen atoms in total. The molecule has 3 saturated carbocycles. The summed E-state index contributed by atoms with van der Waals surface area (Å²) in [6.07, 6.45) is 10.4. The van der Waals surface area contributed by atoms with Gasteiger partial charge in [-0.2, -0.15) is 0 Å². The van der Waals surface area contributed by atoms with Crippen molar-refractivity contribution in [3.63, 3.8) is 0 Å². The Labute approximate surface area is 115 Å². The molecule has 5 rings (SSSR count). The van der Waals surface area contributed by atoms with Gasteiger partial charge in [-0.25, -0.2) is 0 Å². The molecule has 2 heterocycles. The minimum absolute atomic E-state index is 0.102. The lowest BCUT2D eigenvalue weighted by atomic mass is 9.74. The van der Waals surface area contributed by atoms with E-state index in [0.29, 0.717) is 18.1 Å². The van der Waals surface area contributed by atoms with Gasteiger partial charge < -0.3 is 14.2 Å². The van der Waals surface area contributed by atoms with Gasteiger partial charge >= 0.3 is 0 Å². The Hall–Kier alpha value is -0.120. The molecule has 1 spiro atoms. The van der Waals surface area contributed by atoms with Crippen LogP contribution in [0.4, 0.5) is 0 Å². The molecule has 5 atom stereocenters. The second kappa shape index (κ2) is 3.96. The van der Waals surface area contributed by atoms with E-state index in [9.17, 15) is 0 Å². The second-order valence-electron chi connectivity index (χ2n) is 7.78. The van der Waals surface area contributed by atoms with E-state index in [1.165, 1.54) is 44.9 Å². The topological polar surface area (TPSA) is 31.0 Å². The normalized spacial score (nSPS) is 59.4. The standard InChI is InChI=1S/C16H24O3/c1-2-11(6-12-5-10(1)12)15-17-8-16(9-18-15)4-3-13-14(7-16)19-13/h10-15H,1-9H2/t10?,11?,12-,13?,14?,15?,16?/m0/s1. The van der Waals surface area contributed by atoms with Crippen LogP contribution in [0.5, 0.6) is 0 Å². The van der Waals surface area contributed by atoms with E-state index in [0.717, 1.165) is 25.0 Å². The van der Waals surface area contributed by atoms with E-state index in [2.05, 4.69) is 0 Å². The monoisotopic (exact) mass is 264 g/mol. The molecule has 0 amide bonds. The summed E-state index contributed by atoms with van der Waals surface area (Å²) in [5.41, 5.74) is 0.283. The Kier molecular flexibility index (Phi) is 2.40. The van der Waals surface area contributed by atoms with Crippen LogP contribution in [-0.4, -0.2) is 31.7 Å². The van der Waals surface area contributed by atoms with Crippen molar-refractivity contribution in [3.8, 4) is 0 Å². The molecule has 4 unspecified atom stereocenters. The van der Waals surface area contributed by atoms with Gasteiger partial charge in [0, 0.05) is 11.3 Å². The minimum Gasteiger partial charge on any atom is -0.370 e. The van der Waals surface area contributed by atoms with Crippen LogP contribution in [0, 0.1) is 23.2 Å². The largest absolute Gasteiger partial charge is 0.370 e. The summed E-state index contributed by atoms with van der Waals surface area (Å²) < 4.78 is 18.0. The van der Waals surface area contributed by atoms with Crippen LogP contribution in [-0.2, 0) is 14.2 Å². The van der Waals surface area contributed by atoms with Gasteiger partial charge in [0.25, 0.3) is 0 Å². The minimum atomic E-state index is 0.102. The highest BCUT2D eigenvalue weighted by Gasteiger charge is 2.53. The molecule has 5 fully saturated rings. The fourth-order valence-electron chi connectivity index (χ4n) is 4.87. The average molecular weight is 264 g/mol. The van der Waals surface area contributed by atoms with Gasteiger partial charge in [-0.15, -0.1) is 0 Å². The van der Waals surface area contributed by atoms with Crippen molar-refractivity contribution in [1.29, 1.82) is 0 Å². The zero-order valence-electron chi connectivity index (χ0n) is 11.6. The van der Waals surface area contributed by atoms with Crippen LogP contribution in [0.2, 0.25) is 0 Å². The first-order valence-corrected chi connectivity index (χ1v) is 8.20. The van der Waals surface area contributed by atoms with Gasteiger partial charge in [0.15, 0.2) is 6.29 Å². The summed E-state index contributed by atoms with van der Waals surface area (Å²) in [7, 11) is 0. The maximum atomic E-state index is 6.17. The Balaban J connectivity index is 1.21. The van der Waals surface area contributed by atoms with Crippen molar-refractivity contribution in [2.24, 2.45) is 23.2 Å². The van der Waals surface area contributed by atoms with Gasteiger partial charge in [-0.1, -0.05) is 0 Å². The molecule has 19 heavy (non-hydrogen) atoms. The molecule has 0 aromatic carbocycles. The van der Waals surface area contributed by atoms with Crippen molar-refractivity contribution in [1.82, 2.24) is 0 Å². The average Bonchev–Trinajstić information content (AvgIpc) is 3.33. The van der Waals surface area contributed by atoms with Gasteiger partial charge in [0.2, 0.25) is 0 Å². The first kappa shape index (κ1) is 11.5. The maximum Gasteiger partial charge on any atom is 0.160 e. The van der Waals surface area contributed by atoms with Crippen LogP contribution in [0.25, 0.3) is 0 Å². The molecule has 0 aromatic rings. The number of hydrogen-bond donors (Lipinski definition) is 0. The van der Waals surface area contributed by atoms with Crippen molar-refractivity contribution in [2.75, 3.05) is 13.2 Å². The lowest BCUT2D eigenvalue weighted by Gasteiger charge is -2.43. The molecule has 0 bridgehead atoms.